The molecular weight excluding hydrogens is 360 g/mol. The number of rotatable bonds is 5. The molecule has 2 aromatic rings. The summed E-state index contributed by atoms with van der Waals surface area (Å²) in [5, 5.41) is 5.65. The van der Waals surface area contributed by atoms with Crippen molar-refractivity contribution in [3.8, 4) is 0 Å². The monoisotopic (exact) mass is 384 g/mol. The van der Waals surface area contributed by atoms with Crippen molar-refractivity contribution in [3.63, 3.8) is 0 Å². The van der Waals surface area contributed by atoms with Crippen LogP contribution in [0.15, 0.2) is 48.5 Å². The number of hydrazine groups is 1. The number of hydrogen-bond donors (Lipinski definition) is 4. The molecule has 7 heteroatoms. The van der Waals surface area contributed by atoms with E-state index in [2.05, 4.69) is 28.4 Å². The fraction of sp³-hybridized carbons (Fsp3) is 0.250. The number of carbonyl (C=O) groups is 2. The molecule has 0 fully saturated rings. The number of thiocarbonyl (C=S) groups is 1. The van der Waals surface area contributed by atoms with Gasteiger partial charge in [-0.25, -0.2) is 0 Å². The maximum absolute atomic E-state index is 11.9. The minimum atomic E-state index is -0.838. The molecule has 0 aliphatic rings. The number of amides is 2. The van der Waals surface area contributed by atoms with E-state index in [4.69, 9.17) is 12.2 Å². The lowest BCUT2D eigenvalue weighted by atomic mass is 10.1. The first-order valence-corrected chi connectivity index (χ1v) is 9.22. The van der Waals surface area contributed by atoms with Crippen molar-refractivity contribution in [2.45, 2.75) is 33.1 Å². The van der Waals surface area contributed by atoms with Crippen LogP contribution in [0.3, 0.4) is 0 Å². The van der Waals surface area contributed by atoms with Gasteiger partial charge in [0.15, 0.2) is 5.11 Å². The lowest BCUT2D eigenvalue weighted by molar-refractivity contribution is -0.136. The molecule has 0 saturated carbocycles. The van der Waals surface area contributed by atoms with Crippen LogP contribution in [0.25, 0.3) is 0 Å². The molecule has 2 amide bonds. The van der Waals surface area contributed by atoms with Crippen molar-refractivity contribution in [2.24, 2.45) is 0 Å². The van der Waals surface area contributed by atoms with Crippen molar-refractivity contribution in [1.82, 2.24) is 10.9 Å². The number of carbonyl (C=O) groups excluding carboxylic acids is 2. The van der Waals surface area contributed by atoms with E-state index < -0.39 is 11.8 Å². The number of nitrogens with one attached hydrogen (secondary N) is 4. The molecular formula is C20H24N4O2S. The first-order chi connectivity index (χ1) is 13.0. The maximum Gasteiger partial charge on any atom is 0.328 e. The molecule has 142 valence electrons. The summed E-state index contributed by atoms with van der Waals surface area (Å²) >= 11 is 5.12. The van der Waals surface area contributed by atoms with Gasteiger partial charge in [0.25, 0.3) is 0 Å². The van der Waals surface area contributed by atoms with Gasteiger partial charge in [0.1, 0.15) is 0 Å². The standard InChI is InChI=1S/C20H24N4O2S/c1-3-4-5-15-8-12-17(13-9-15)22-20(27)24-23-19(26)18(25)21-16-10-6-14(2)7-11-16/h6-13H,3-5H2,1-2H3,(H,21,25)(H,23,26)(H2,22,24,27). The third-order valence-corrected chi connectivity index (χ3v) is 4.04. The van der Waals surface area contributed by atoms with Gasteiger partial charge in [-0.15, -0.1) is 0 Å². The van der Waals surface area contributed by atoms with E-state index in [1.54, 1.807) is 12.1 Å². The second kappa shape index (κ2) is 10.3. The highest BCUT2D eigenvalue weighted by Gasteiger charge is 2.13. The molecule has 4 N–H and O–H groups in total. The van der Waals surface area contributed by atoms with Crippen molar-refractivity contribution in [3.05, 3.63) is 59.7 Å². The van der Waals surface area contributed by atoms with E-state index in [1.165, 1.54) is 5.56 Å². The minimum Gasteiger partial charge on any atom is -0.331 e. The Hall–Kier alpha value is -2.93. The van der Waals surface area contributed by atoms with Crippen LogP contribution < -0.4 is 21.5 Å². The predicted octanol–water partition coefficient (Wildman–Crippen LogP) is 3.29. The molecule has 0 bridgehead atoms. The number of anilines is 2. The molecule has 0 atom stereocenters. The maximum atomic E-state index is 11.9. The van der Waals surface area contributed by atoms with Crippen LogP contribution in [0.2, 0.25) is 0 Å². The van der Waals surface area contributed by atoms with E-state index in [1.807, 2.05) is 43.3 Å². The SMILES string of the molecule is CCCCc1ccc(NC(=S)NNC(=O)C(=O)Nc2ccc(C)cc2)cc1. The van der Waals surface area contributed by atoms with Gasteiger partial charge >= 0.3 is 11.8 Å². The van der Waals surface area contributed by atoms with Crippen LogP contribution >= 0.6 is 12.2 Å². The average Bonchev–Trinajstić information content (AvgIpc) is 2.67. The molecule has 0 aliphatic heterocycles. The van der Waals surface area contributed by atoms with Gasteiger partial charge < -0.3 is 10.6 Å². The zero-order valence-corrected chi connectivity index (χ0v) is 16.3. The van der Waals surface area contributed by atoms with E-state index >= 15 is 0 Å². The summed E-state index contributed by atoms with van der Waals surface area (Å²) < 4.78 is 0. The normalized spacial score (nSPS) is 10.0. The lowest BCUT2D eigenvalue weighted by Crippen LogP contribution is -2.48. The van der Waals surface area contributed by atoms with Gasteiger partial charge in [-0.3, -0.25) is 20.4 Å². The topological polar surface area (TPSA) is 82.3 Å². The second-order valence-electron chi connectivity index (χ2n) is 6.15. The highest BCUT2D eigenvalue weighted by atomic mass is 32.1. The summed E-state index contributed by atoms with van der Waals surface area (Å²) in [6.45, 7) is 4.10. The summed E-state index contributed by atoms with van der Waals surface area (Å²) in [6, 6.07) is 15.1. The largest absolute Gasteiger partial charge is 0.331 e. The molecule has 2 rings (SSSR count). The van der Waals surface area contributed by atoms with Gasteiger partial charge in [0.05, 0.1) is 0 Å². The third-order valence-electron chi connectivity index (χ3n) is 3.84. The molecule has 0 aromatic heterocycles. The second-order valence-corrected chi connectivity index (χ2v) is 6.56. The zero-order chi connectivity index (χ0) is 19.6. The molecule has 6 nitrogen and oxygen atoms in total. The smallest absolute Gasteiger partial charge is 0.328 e. The van der Waals surface area contributed by atoms with Crippen LogP contribution in [0, 0.1) is 6.92 Å². The van der Waals surface area contributed by atoms with Crippen LogP contribution in [-0.4, -0.2) is 16.9 Å². The Kier molecular flexibility index (Phi) is 7.76. The first kappa shape index (κ1) is 20.4. The van der Waals surface area contributed by atoms with Gasteiger partial charge in [-0.05, 0) is 61.8 Å². The predicted molar refractivity (Wildman–Crippen MR) is 112 cm³/mol. The molecule has 0 aliphatic carbocycles. The molecule has 0 heterocycles. The van der Waals surface area contributed by atoms with Gasteiger partial charge in [0, 0.05) is 11.4 Å². The number of hydrogen-bond acceptors (Lipinski definition) is 3. The van der Waals surface area contributed by atoms with Gasteiger partial charge in [0.2, 0.25) is 0 Å². The Labute approximate surface area is 164 Å². The summed E-state index contributed by atoms with van der Waals surface area (Å²) in [7, 11) is 0. The van der Waals surface area contributed by atoms with E-state index in [0.29, 0.717) is 5.69 Å². The fourth-order valence-corrected chi connectivity index (χ4v) is 2.46. The average molecular weight is 385 g/mol. The molecule has 0 radical (unpaired) electrons. The van der Waals surface area contributed by atoms with Crippen LogP contribution in [0.5, 0.6) is 0 Å². The summed E-state index contributed by atoms with van der Waals surface area (Å²) in [5.74, 6) is -1.62. The van der Waals surface area contributed by atoms with Crippen LogP contribution in [0.1, 0.15) is 30.9 Å². The third kappa shape index (κ3) is 7.07. The Balaban J connectivity index is 1.76. The van der Waals surface area contributed by atoms with Crippen molar-refractivity contribution < 1.29 is 9.59 Å². The molecule has 0 saturated heterocycles. The number of aryl methyl sites for hydroxylation is 2. The van der Waals surface area contributed by atoms with Crippen LogP contribution in [0.4, 0.5) is 11.4 Å². The highest BCUT2D eigenvalue weighted by Crippen LogP contribution is 2.11. The van der Waals surface area contributed by atoms with Gasteiger partial charge in [-0.1, -0.05) is 43.2 Å². The lowest BCUT2D eigenvalue weighted by Gasteiger charge is -2.12. The Bertz CT molecular complexity index is 789. The van der Waals surface area contributed by atoms with Gasteiger partial charge in [-0.2, -0.15) is 0 Å². The summed E-state index contributed by atoms with van der Waals surface area (Å²) in [5.41, 5.74) is 8.46. The Morgan fingerprint density at radius 2 is 1.44 bits per heavy atom. The first-order valence-electron chi connectivity index (χ1n) is 8.82. The van der Waals surface area contributed by atoms with E-state index in [9.17, 15) is 9.59 Å². The summed E-state index contributed by atoms with van der Waals surface area (Å²) in [4.78, 5) is 23.7. The van der Waals surface area contributed by atoms with Crippen molar-refractivity contribution >= 4 is 40.5 Å². The Morgan fingerprint density at radius 1 is 0.852 bits per heavy atom. The number of unbranched alkanes of at least 4 members (excludes halogenated alkanes) is 1. The molecule has 0 unspecified atom stereocenters. The van der Waals surface area contributed by atoms with E-state index in [0.717, 1.165) is 30.5 Å². The zero-order valence-electron chi connectivity index (χ0n) is 15.5. The van der Waals surface area contributed by atoms with Crippen LogP contribution in [-0.2, 0) is 16.0 Å². The Morgan fingerprint density at radius 3 is 2.07 bits per heavy atom. The quantitative estimate of drug-likeness (QED) is 0.361. The molecule has 0 spiro atoms. The van der Waals surface area contributed by atoms with E-state index in [-0.39, 0.29) is 5.11 Å². The molecule has 27 heavy (non-hydrogen) atoms. The minimum absolute atomic E-state index is 0.188. The molecule has 2 aromatic carbocycles. The number of benzene rings is 2. The fourth-order valence-electron chi connectivity index (χ4n) is 2.29. The van der Waals surface area contributed by atoms with Crippen molar-refractivity contribution in [1.29, 1.82) is 0 Å². The summed E-state index contributed by atoms with van der Waals surface area (Å²) in [6.07, 6.45) is 3.36. The van der Waals surface area contributed by atoms with Crippen molar-refractivity contribution in [2.75, 3.05) is 10.6 Å². The highest BCUT2D eigenvalue weighted by molar-refractivity contribution is 7.80.